The van der Waals surface area contributed by atoms with Gasteiger partial charge < -0.3 is 14.9 Å². The molecular formula is C9H5F2N3O4. The number of hydrogen-bond donors (Lipinski definition) is 0. The predicted octanol–water partition coefficient (Wildman–Crippen LogP) is 1.59. The minimum Gasteiger partial charge on any atom is -0.463 e. The summed E-state index contributed by atoms with van der Waals surface area (Å²) in [4.78, 5) is 23.9. The number of halogens is 2. The zero-order valence-corrected chi connectivity index (χ0v) is 8.89. The van der Waals surface area contributed by atoms with Crippen molar-refractivity contribution >= 4 is 11.8 Å². The van der Waals surface area contributed by atoms with Crippen LogP contribution in [0.25, 0.3) is 0 Å². The normalized spacial score (nSPS) is 9.94. The third kappa shape index (κ3) is 2.37. The number of hydrogen-bond acceptors (Lipinski definition) is 6. The molecule has 1 rings (SSSR count). The molecule has 0 saturated carbocycles. The summed E-state index contributed by atoms with van der Waals surface area (Å²) in [7, 11) is 0.920. The molecule has 0 radical (unpaired) electrons. The van der Waals surface area contributed by atoms with E-state index in [2.05, 4.69) is 9.72 Å². The van der Waals surface area contributed by atoms with Crippen molar-refractivity contribution in [2.45, 2.75) is 6.43 Å². The van der Waals surface area contributed by atoms with Crippen molar-refractivity contribution in [3.05, 3.63) is 33.0 Å². The highest BCUT2D eigenvalue weighted by Crippen LogP contribution is 2.27. The number of pyridine rings is 1. The summed E-state index contributed by atoms with van der Waals surface area (Å²) in [5.41, 5.74) is -2.41. The largest absolute Gasteiger partial charge is 0.463 e. The minimum absolute atomic E-state index is 0.558. The van der Waals surface area contributed by atoms with Gasteiger partial charge in [-0.3, -0.25) is 0 Å². The molecule has 0 aliphatic heterocycles. The van der Waals surface area contributed by atoms with Gasteiger partial charge in [0.15, 0.2) is 5.56 Å². The highest BCUT2D eigenvalue weighted by molar-refractivity contribution is 5.89. The van der Waals surface area contributed by atoms with Gasteiger partial charge in [0.05, 0.1) is 12.7 Å². The number of aromatic nitrogens is 1. The average Bonchev–Trinajstić information content (AvgIpc) is 2.35. The molecule has 0 amide bonds. The van der Waals surface area contributed by atoms with Gasteiger partial charge in [0.1, 0.15) is 6.07 Å². The summed E-state index contributed by atoms with van der Waals surface area (Å²) < 4.78 is 29.5. The molecule has 9 heteroatoms. The first-order valence-electron chi connectivity index (χ1n) is 4.38. The molecule has 1 heterocycles. The molecule has 1 aromatic heterocycles. The maximum Gasteiger partial charge on any atom is 0.383 e. The number of esters is 1. The molecule has 0 saturated heterocycles. The molecule has 7 nitrogen and oxygen atoms in total. The third-order valence-electron chi connectivity index (χ3n) is 1.94. The molecule has 94 valence electrons. The standard InChI is InChI=1S/C9H5F2N3O4/c1-18-9(15)6-5(7(10)11)2-4(3-12)8(13-6)14(16)17/h2,7H,1H3. The van der Waals surface area contributed by atoms with Crippen LogP contribution in [0.1, 0.15) is 28.0 Å². The number of carbonyl (C=O) groups excluding carboxylic acids is 1. The molecule has 0 spiro atoms. The lowest BCUT2D eigenvalue weighted by molar-refractivity contribution is -0.389. The van der Waals surface area contributed by atoms with Gasteiger partial charge in [-0.25, -0.2) is 13.6 Å². The number of rotatable bonds is 3. The van der Waals surface area contributed by atoms with Gasteiger partial charge in [0.25, 0.3) is 12.1 Å². The summed E-state index contributed by atoms with van der Waals surface area (Å²) in [6, 6.07) is 1.92. The van der Waals surface area contributed by atoms with Gasteiger partial charge in [0.2, 0.25) is 0 Å². The van der Waals surface area contributed by atoms with E-state index < -0.39 is 40.0 Å². The van der Waals surface area contributed by atoms with Crippen molar-refractivity contribution in [1.82, 2.24) is 4.98 Å². The first-order valence-corrected chi connectivity index (χ1v) is 4.38. The Hall–Kier alpha value is -2.63. The molecule has 0 N–H and O–H groups in total. The van der Waals surface area contributed by atoms with Gasteiger partial charge in [0, 0.05) is 0 Å². The Labute approximate surface area is 98.8 Å². The Bertz CT molecular complexity index is 553. The summed E-state index contributed by atoms with van der Waals surface area (Å²) in [6.45, 7) is 0. The van der Waals surface area contributed by atoms with E-state index in [1.807, 2.05) is 0 Å². The Morgan fingerprint density at radius 2 is 2.28 bits per heavy atom. The molecule has 0 aromatic carbocycles. The summed E-state index contributed by atoms with van der Waals surface area (Å²) >= 11 is 0. The number of alkyl halides is 2. The molecule has 0 fully saturated rings. The van der Waals surface area contributed by atoms with E-state index in [1.165, 1.54) is 6.07 Å². The number of methoxy groups -OCH3 is 1. The fourth-order valence-electron chi connectivity index (χ4n) is 1.17. The molecule has 0 unspecified atom stereocenters. The van der Waals surface area contributed by atoms with Gasteiger partial charge in [-0.1, -0.05) is 0 Å². The lowest BCUT2D eigenvalue weighted by atomic mass is 10.1. The molecular weight excluding hydrogens is 252 g/mol. The van der Waals surface area contributed by atoms with Crippen LogP contribution >= 0.6 is 0 Å². The number of nitrogens with zero attached hydrogens (tertiary/aromatic N) is 3. The van der Waals surface area contributed by atoms with Crippen molar-refractivity contribution in [3.63, 3.8) is 0 Å². The van der Waals surface area contributed by atoms with Crippen molar-refractivity contribution < 1.29 is 23.2 Å². The van der Waals surface area contributed by atoms with Crippen LogP contribution in [0.5, 0.6) is 0 Å². The zero-order chi connectivity index (χ0) is 13.9. The lowest BCUT2D eigenvalue weighted by Crippen LogP contribution is -2.12. The van der Waals surface area contributed by atoms with Gasteiger partial charge in [-0.15, -0.1) is 0 Å². The molecule has 1 aromatic rings. The van der Waals surface area contributed by atoms with E-state index >= 15 is 0 Å². The second-order valence-corrected chi connectivity index (χ2v) is 2.96. The Kier molecular flexibility index (Phi) is 3.83. The zero-order valence-electron chi connectivity index (χ0n) is 8.89. The quantitative estimate of drug-likeness (QED) is 0.462. The summed E-state index contributed by atoms with van der Waals surface area (Å²) in [5, 5.41) is 19.2. The molecule has 0 aliphatic carbocycles. The number of nitriles is 1. The second kappa shape index (κ2) is 5.13. The van der Waals surface area contributed by atoms with E-state index in [0.717, 1.165) is 7.11 Å². The Morgan fingerprint density at radius 1 is 1.67 bits per heavy atom. The average molecular weight is 257 g/mol. The second-order valence-electron chi connectivity index (χ2n) is 2.96. The monoisotopic (exact) mass is 257 g/mol. The summed E-state index contributed by atoms with van der Waals surface area (Å²) in [6.07, 6.45) is -3.11. The third-order valence-corrected chi connectivity index (χ3v) is 1.94. The van der Waals surface area contributed by atoms with Crippen molar-refractivity contribution in [3.8, 4) is 6.07 Å². The highest BCUT2D eigenvalue weighted by Gasteiger charge is 2.30. The SMILES string of the molecule is COC(=O)c1nc([N+](=O)[O-])c(C#N)cc1C(F)F. The van der Waals surface area contributed by atoms with Crippen molar-refractivity contribution in [1.29, 1.82) is 5.26 Å². The highest BCUT2D eigenvalue weighted by atomic mass is 19.3. The van der Waals surface area contributed by atoms with Crippen LogP contribution in [-0.2, 0) is 4.74 Å². The van der Waals surface area contributed by atoms with Crippen LogP contribution in [0.4, 0.5) is 14.6 Å². The minimum atomic E-state index is -3.11. The van der Waals surface area contributed by atoms with Crippen LogP contribution in [0.3, 0.4) is 0 Å². The van der Waals surface area contributed by atoms with E-state index in [-0.39, 0.29) is 0 Å². The predicted molar refractivity (Wildman–Crippen MR) is 51.9 cm³/mol. The molecule has 0 bridgehead atoms. The van der Waals surface area contributed by atoms with E-state index in [1.54, 1.807) is 0 Å². The number of carbonyl (C=O) groups is 1. The Balaban J connectivity index is 3.59. The fourth-order valence-corrected chi connectivity index (χ4v) is 1.17. The maximum absolute atomic E-state index is 12.6. The van der Waals surface area contributed by atoms with E-state index in [9.17, 15) is 23.7 Å². The fraction of sp³-hybridized carbons (Fsp3) is 0.222. The number of nitro groups is 1. The summed E-state index contributed by atoms with van der Waals surface area (Å²) in [5.74, 6) is -2.21. The topological polar surface area (TPSA) is 106 Å². The lowest BCUT2D eigenvalue weighted by Gasteiger charge is -2.04. The van der Waals surface area contributed by atoms with Crippen molar-refractivity contribution in [2.24, 2.45) is 0 Å². The molecule has 18 heavy (non-hydrogen) atoms. The van der Waals surface area contributed by atoms with E-state index in [4.69, 9.17) is 5.26 Å². The van der Waals surface area contributed by atoms with Gasteiger partial charge in [-0.05, 0) is 16.0 Å². The Morgan fingerprint density at radius 3 is 2.67 bits per heavy atom. The van der Waals surface area contributed by atoms with Crippen molar-refractivity contribution in [2.75, 3.05) is 7.11 Å². The van der Waals surface area contributed by atoms with Gasteiger partial charge in [-0.2, -0.15) is 5.26 Å². The maximum atomic E-state index is 12.6. The van der Waals surface area contributed by atoms with Crippen LogP contribution < -0.4 is 0 Å². The first kappa shape index (κ1) is 13.4. The van der Waals surface area contributed by atoms with Gasteiger partial charge >= 0.3 is 11.8 Å². The number of ether oxygens (including phenoxy) is 1. The smallest absolute Gasteiger partial charge is 0.383 e. The van der Waals surface area contributed by atoms with Crippen LogP contribution in [0.15, 0.2) is 6.07 Å². The first-order chi connectivity index (χ1) is 8.42. The molecule has 0 aliphatic rings. The van der Waals surface area contributed by atoms with Crippen LogP contribution in [-0.4, -0.2) is 23.0 Å². The van der Waals surface area contributed by atoms with Crippen LogP contribution in [0, 0.1) is 21.4 Å². The molecule has 0 atom stereocenters. The van der Waals surface area contributed by atoms with E-state index in [0.29, 0.717) is 6.07 Å². The van der Waals surface area contributed by atoms with Crippen LogP contribution in [0.2, 0.25) is 0 Å².